The minimum absolute atomic E-state index is 0.0554. The van der Waals surface area contributed by atoms with Crippen LogP contribution in [0.4, 0.5) is 5.69 Å². The van der Waals surface area contributed by atoms with E-state index in [0.717, 1.165) is 17.5 Å². The van der Waals surface area contributed by atoms with E-state index in [1.54, 1.807) is 0 Å². The smallest absolute Gasteiger partial charge is 0.239 e. The monoisotopic (exact) mass is 344 g/mol. The summed E-state index contributed by atoms with van der Waals surface area (Å²) in [5, 5.41) is -0.665. The zero-order valence-corrected chi connectivity index (χ0v) is 14.1. The molecule has 122 valence electrons. The van der Waals surface area contributed by atoms with E-state index in [1.165, 1.54) is 8.61 Å². The molecule has 1 fully saturated rings. The molecule has 2 heterocycles. The van der Waals surface area contributed by atoms with Gasteiger partial charge in [0.1, 0.15) is 0 Å². The third-order valence-electron chi connectivity index (χ3n) is 4.38. The number of para-hydroxylation sites is 1. The zero-order valence-electron chi connectivity index (χ0n) is 12.5. The van der Waals surface area contributed by atoms with Gasteiger partial charge in [-0.3, -0.25) is 4.31 Å². The summed E-state index contributed by atoms with van der Waals surface area (Å²) in [7, 11) is -6.89. The van der Waals surface area contributed by atoms with Crippen LogP contribution >= 0.6 is 0 Å². The third-order valence-corrected chi connectivity index (χ3v) is 7.87. The van der Waals surface area contributed by atoms with Gasteiger partial charge in [0.05, 0.1) is 17.2 Å². The number of fused-ring (bicyclic) bond motifs is 1. The summed E-state index contributed by atoms with van der Waals surface area (Å²) in [6, 6.07) is 7.49. The minimum atomic E-state index is -3.54. The molecule has 6 nitrogen and oxygen atoms in total. The summed E-state index contributed by atoms with van der Waals surface area (Å²) in [5.41, 5.74) is 1.76. The van der Waals surface area contributed by atoms with Gasteiger partial charge in [-0.25, -0.2) is 21.1 Å². The maximum Gasteiger partial charge on any atom is 0.239 e. The first-order valence-corrected chi connectivity index (χ1v) is 10.7. The van der Waals surface area contributed by atoms with E-state index >= 15 is 0 Å². The van der Waals surface area contributed by atoms with Crippen molar-refractivity contribution in [2.24, 2.45) is 0 Å². The lowest BCUT2D eigenvalue weighted by molar-refractivity contribution is 0.348. The van der Waals surface area contributed by atoms with Crippen molar-refractivity contribution in [3.63, 3.8) is 0 Å². The first-order valence-electron chi connectivity index (χ1n) is 7.35. The lowest BCUT2D eigenvalue weighted by Gasteiger charge is -2.33. The normalized spacial score (nSPS) is 23.5. The molecular weight excluding hydrogens is 324 g/mol. The van der Waals surface area contributed by atoms with Crippen LogP contribution in [-0.4, -0.2) is 52.3 Å². The van der Waals surface area contributed by atoms with Crippen LogP contribution in [0.15, 0.2) is 24.3 Å². The summed E-state index contributed by atoms with van der Waals surface area (Å²) < 4.78 is 52.0. The SMILES string of the molecule is CS(=O)(=O)N1CCCC(S(=O)(=O)N2CCc3ccccc32)C1. The fourth-order valence-electron chi connectivity index (χ4n) is 3.20. The first-order chi connectivity index (χ1) is 10.3. The standard InChI is InChI=1S/C14H20N2O4S2/c1-21(17,18)15-9-4-6-13(11-15)22(19,20)16-10-8-12-5-2-3-7-14(12)16/h2-3,5,7,13H,4,6,8-11H2,1H3. The van der Waals surface area contributed by atoms with Gasteiger partial charge in [0.2, 0.25) is 20.0 Å². The number of hydrogen-bond acceptors (Lipinski definition) is 4. The Bertz CT molecular complexity index is 774. The van der Waals surface area contributed by atoms with Crippen LogP contribution in [-0.2, 0) is 26.5 Å². The number of benzene rings is 1. The fourth-order valence-corrected chi connectivity index (χ4v) is 6.20. The Morgan fingerprint density at radius 3 is 2.55 bits per heavy atom. The highest BCUT2D eigenvalue weighted by molar-refractivity contribution is 7.93. The Kier molecular flexibility index (Phi) is 3.94. The van der Waals surface area contributed by atoms with Gasteiger partial charge < -0.3 is 0 Å². The summed E-state index contributed by atoms with van der Waals surface area (Å²) >= 11 is 0. The van der Waals surface area contributed by atoms with Gasteiger partial charge in [0, 0.05) is 19.6 Å². The minimum Gasteiger partial charge on any atom is -0.269 e. The predicted molar refractivity (Wildman–Crippen MR) is 85.9 cm³/mol. The number of nitrogens with zero attached hydrogens (tertiary/aromatic N) is 2. The van der Waals surface area contributed by atoms with Gasteiger partial charge in [-0.05, 0) is 30.9 Å². The highest BCUT2D eigenvalue weighted by Gasteiger charge is 2.39. The second-order valence-corrected chi connectivity index (χ2v) is 10.0. The molecular formula is C14H20N2O4S2. The van der Waals surface area contributed by atoms with E-state index < -0.39 is 25.3 Å². The van der Waals surface area contributed by atoms with E-state index in [-0.39, 0.29) is 6.54 Å². The molecule has 1 aromatic carbocycles. The van der Waals surface area contributed by atoms with E-state index in [0.29, 0.717) is 32.4 Å². The summed E-state index contributed by atoms with van der Waals surface area (Å²) in [6.07, 6.45) is 2.92. The maximum atomic E-state index is 12.9. The van der Waals surface area contributed by atoms with Crippen molar-refractivity contribution in [3.8, 4) is 0 Å². The summed E-state index contributed by atoms with van der Waals surface area (Å²) in [4.78, 5) is 0. The number of sulfonamides is 2. The van der Waals surface area contributed by atoms with Gasteiger partial charge in [-0.15, -0.1) is 0 Å². The number of anilines is 1. The van der Waals surface area contributed by atoms with Crippen LogP contribution in [0, 0.1) is 0 Å². The van der Waals surface area contributed by atoms with Gasteiger partial charge >= 0.3 is 0 Å². The Balaban J connectivity index is 1.88. The van der Waals surface area contributed by atoms with Gasteiger partial charge in [-0.2, -0.15) is 0 Å². The van der Waals surface area contributed by atoms with Crippen molar-refractivity contribution >= 4 is 25.7 Å². The van der Waals surface area contributed by atoms with Crippen LogP contribution < -0.4 is 4.31 Å². The molecule has 0 radical (unpaired) electrons. The van der Waals surface area contributed by atoms with Crippen LogP contribution in [0.2, 0.25) is 0 Å². The molecule has 1 atom stereocenters. The van der Waals surface area contributed by atoms with Crippen LogP contribution in [0.25, 0.3) is 0 Å². The Hall–Kier alpha value is -1.12. The van der Waals surface area contributed by atoms with Crippen molar-refractivity contribution in [3.05, 3.63) is 29.8 Å². The van der Waals surface area contributed by atoms with Crippen molar-refractivity contribution in [2.75, 3.05) is 30.2 Å². The van der Waals surface area contributed by atoms with E-state index in [9.17, 15) is 16.8 Å². The number of hydrogen-bond donors (Lipinski definition) is 0. The molecule has 3 rings (SSSR count). The molecule has 0 spiro atoms. The third kappa shape index (κ3) is 2.75. The molecule has 0 N–H and O–H groups in total. The lowest BCUT2D eigenvalue weighted by Crippen LogP contribution is -2.49. The Morgan fingerprint density at radius 2 is 1.82 bits per heavy atom. The molecule has 1 saturated heterocycles. The molecule has 1 unspecified atom stereocenters. The largest absolute Gasteiger partial charge is 0.269 e. The molecule has 22 heavy (non-hydrogen) atoms. The number of piperidine rings is 1. The molecule has 1 aromatic rings. The molecule has 2 aliphatic heterocycles. The van der Waals surface area contributed by atoms with Crippen molar-refractivity contribution in [1.82, 2.24) is 4.31 Å². The van der Waals surface area contributed by atoms with Crippen molar-refractivity contribution in [2.45, 2.75) is 24.5 Å². The van der Waals surface area contributed by atoms with Crippen molar-refractivity contribution in [1.29, 1.82) is 0 Å². The van der Waals surface area contributed by atoms with Gasteiger partial charge in [0.25, 0.3) is 0 Å². The molecule has 8 heteroatoms. The second-order valence-electron chi connectivity index (χ2n) is 5.88. The van der Waals surface area contributed by atoms with E-state index in [2.05, 4.69) is 0 Å². The molecule has 0 saturated carbocycles. The fraction of sp³-hybridized carbons (Fsp3) is 0.571. The van der Waals surface area contributed by atoms with Crippen LogP contribution in [0.5, 0.6) is 0 Å². The molecule has 2 aliphatic rings. The van der Waals surface area contributed by atoms with E-state index in [1.807, 2.05) is 24.3 Å². The Morgan fingerprint density at radius 1 is 1.09 bits per heavy atom. The average Bonchev–Trinajstić information content (AvgIpc) is 2.91. The lowest BCUT2D eigenvalue weighted by atomic mass is 10.2. The van der Waals surface area contributed by atoms with Gasteiger partial charge in [0.15, 0.2) is 0 Å². The first kappa shape index (κ1) is 15.8. The van der Waals surface area contributed by atoms with Crippen molar-refractivity contribution < 1.29 is 16.8 Å². The quantitative estimate of drug-likeness (QED) is 0.813. The molecule has 0 aromatic heterocycles. The maximum absolute atomic E-state index is 12.9. The number of rotatable bonds is 3. The van der Waals surface area contributed by atoms with E-state index in [4.69, 9.17) is 0 Å². The molecule has 0 aliphatic carbocycles. The second kappa shape index (κ2) is 5.50. The molecule has 0 amide bonds. The average molecular weight is 344 g/mol. The predicted octanol–water partition coefficient (Wildman–Crippen LogP) is 0.803. The summed E-state index contributed by atoms with van der Waals surface area (Å²) in [6.45, 7) is 0.901. The summed E-state index contributed by atoms with van der Waals surface area (Å²) in [5.74, 6) is 0. The van der Waals surface area contributed by atoms with Gasteiger partial charge in [-0.1, -0.05) is 18.2 Å². The highest BCUT2D eigenvalue weighted by atomic mass is 32.2. The Labute approximate surface area is 131 Å². The van der Waals surface area contributed by atoms with Crippen LogP contribution in [0.1, 0.15) is 18.4 Å². The highest BCUT2D eigenvalue weighted by Crippen LogP contribution is 2.33. The topological polar surface area (TPSA) is 74.8 Å². The molecule has 0 bridgehead atoms. The zero-order chi connectivity index (χ0) is 16.0. The van der Waals surface area contributed by atoms with Crippen LogP contribution in [0.3, 0.4) is 0 Å².